The van der Waals surface area contributed by atoms with Gasteiger partial charge in [-0.1, -0.05) is 165 Å². The van der Waals surface area contributed by atoms with Crippen LogP contribution in [0.3, 0.4) is 0 Å². The smallest absolute Gasteiger partial charge is 0.457 e. The fourth-order valence-corrected chi connectivity index (χ4v) is 6.97. The van der Waals surface area contributed by atoms with Crippen molar-refractivity contribution in [2.24, 2.45) is 0 Å². The van der Waals surface area contributed by atoms with Crippen molar-refractivity contribution in [3.63, 3.8) is 0 Å². The first-order valence-corrected chi connectivity index (χ1v) is 24.6. The van der Waals surface area contributed by atoms with E-state index in [0.29, 0.717) is 6.61 Å². The lowest BCUT2D eigenvalue weighted by Crippen LogP contribution is -2.29. The first kappa shape index (κ1) is 55.4. The number of phosphoric ester groups is 1. The second-order valence-corrected chi connectivity index (χ2v) is 16.9. The molecule has 0 aliphatic rings. The largest absolute Gasteiger partial charge is 0.472 e. The van der Waals surface area contributed by atoms with Crippen LogP contribution in [0.2, 0.25) is 0 Å². The summed E-state index contributed by atoms with van der Waals surface area (Å²) in [4.78, 5) is 22.6. The van der Waals surface area contributed by atoms with Gasteiger partial charge in [0.15, 0.2) is 0 Å². The van der Waals surface area contributed by atoms with E-state index < -0.39 is 39.2 Å². The number of aliphatic hydroxyl groups is 2. The molecule has 3 atom stereocenters. The van der Waals surface area contributed by atoms with Crippen molar-refractivity contribution >= 4 is 13.8 Å². The molecule has 57 heavy (non-hydrogen) atoms. The number of hydrogen-bond acceptors (Lipinski definition) is 8. The van der Waals surface area contributed by atoms with Crippen LogP contribution >= 0.6 is 7.82 Å². The molecular formula is C47H87O9P. The summed E-state index contributed by atoms with van der Waals surface area (Å²) in [5, 5.41) is 18.4. The maximum atomic E-state index is 12.6. The van der Waals surface area contributed by atoms with Gasteiger partial charge >= 0.3 is 13.8 Å². The fraction of sp³-hybridized carbons (Fsp3) is 0.809. The Morgan fingerprint density at radius 1 is 0.544 bits per heavy atom. The van der Waals surface area contributed by atoms with Gasteiger partial charge in [0.05, 0.1) is 26.4 Å². The van der Waals surface area contributed by atoms with Gasteiger partial charge in [-0.25, -0.2) is 4.57 Å². The molecule has 0 bridgehead atoms. The summed E-state index contributed by atoms with van der Waals surface area (Å²) in [6.07, 6.45) is 49.2. The molecule has 0 rings (SSSR count). The van der Waals surface area contributed by atoms with E-state index in [2.05, 4.69) is 62.5 Å². The van der Waals surface area contributed by atoms with Crippen molar-refractivity contribution in [2.75, 3.05) is 33.0 Å². The predicted molar refractivity (Wildman–Crippen MR) is 237 cm³/mol. The average Bonchev–Trinajstić information content (AvgIpc) is 3.20. The molecule has 0 aromatic rings. The summed E-state index contributed by atoms with van der Waals surface area (Å²) in [5.74, 6) is -0.393. The molecule has 0 radical (unpaired) electrons. The van der Waals surface area contributed by atoms with Gasteiger partial charge in [0.1, 0.15) is 12.2 Å². The van der Waals surface area contributed by atoms with Gasteiger partial charge in [-0.15, -0.1) is 0 Å². The molecule has 3 N–H and O–H groups in total. The molecular weight excluding hydrogens is 739 g/mol. The van der Waals surface area contributed by atoms with Crippen molar-refractivity contribution < 1.29 is 43.0 Å². The highest BCUT2D eigenvalue weighted by Gasteiger charge is 2.26. The van der Waals surface area contributed by atoms with Crippen LogP contribution in [0.4, 0.5) is 0 Å². The molecule has 0 saturated carbocycles. The highest BCUT2D eigenvalue weighted by molar-refractivity contribution is 7.47. The number of unbranched alkanes of at least 4 members (excludes halogenated alkanes) is 22. The molecule has 0 amide bonds. The summed E-state index contributed by atoms with van der Waals surface area (Å²) in [5.41, 5.74) is 0. The van der Waals surface area contributed by atoms with Crippen molar-refractivity contribution in [1.29, 1.82) is 0 Å². The van der Waals surface area contributed by atoms with Crippen molar-refractivity contribution in [3.05, 3.63) is 48.6 Å². The quantitative estimate of drug-likeness (QED) is 0.0238. The normalized spacial score (nSPS) is 14.4. The van der Waals surface area contributed by atoms with Gasteiger partial charge in [0.2, 0.25) is 0 Å². The Balaban J connectivity index is 4.16. The molecule has 0 spiro atoms. The van der Waals surface area contributed by atoms with Gasteiger partial charge in [-0.05, 0) is 77.0 Å². The Bertz CT molecular complexity index is 1030. The van der Waals surface area contributed by atoms with E-state index in [4.69, 9.17) is 23.6 Å². The number of esters is 1. The highest BCUT2D eigenvalue weighted by atomic mass is 31.2. The van der Waals surface area contributed by atoms with Crippen molar-refractivity contribution in [3.8, 4) is 0 Å². The van der Waals surface area contributed by atoms with E-state index in [1.807, 2.05) is 0 Å². The Morgan fingerprint density at radius 2 is 0.947 bits per heavy atom. The first-order chi connectivity index (χ1) is 27.8. The molecule has 9 nitrogen and oxygen atoms in total. The molecule has 0 aliphatic carbocycles. The number of ether oxygens (including phenoxy) is 2. The van der Waals surface area contributed by atoms with E-state index >= 15 is 0 Å². The van der Waals surface area contributed by atoms with E-state index in [0.717, 1.165) is 70.6 Å². The predicted octanol–water partition coefficient (Wildman–Crippen LogP) is 13.0. The van der Waals surface area contributed by atoms with Crippen LogP contribution in [0.1, 0.15) is 200 Å². The SMILES string of the molecule is CCCCC/C=C\C/C=C\CCCCCCCCCC(=O)OC(COCCCCCCCCCC/C=C\C/C=C\CCCCCC)COP(=O)(O)OCC(O)CO. The topological polar surface area (TPSA) is 132 Å². The molecule has 0 aromatic carbocycles. The second kappa shape index (κ2) is 44.0. The van der Waals surface area contributed by atoms with E-state index in [-0.39, 0.29) is 19.6 Å². The summed E-state index contributed by atoms with van der Waals surface area (Å²) < 4.78 is 33.4. The molecule has 334 valence electrons. The van der Waals surface area contributed by atoms with E-state index in [1.165, 1.54) is 109 Å². The highest BCUT2D eigenvalue weighted by Crippen LogP contribution is 2.43. The molecule has 0 saturated heterocycles. The number of aliphatic hydroxyl groups excluding tert-OH is 2. The Morgan fingerprint density at radius 3 is 1.44 bits per heavy atom. The Labute approximate surface area is 349 Å². The van der Waals surface area contributed by atoms with Gasteiger partial charge in [-0.3, -0.25) is 13.8 Å². The average molecular weight is 827 g/mol. The van der Waals surface area contributed by atoms with Gasteiger partial charge in [0, 0.05) is 13.0 Å². The molecule has 10 heteroatoms. The number of carbonyl (C=O) groups excluding carboxylic acids is 1. The van der Waals surface area contributed by atoms with Crippen molar-refractivity contribution in [1.82, 2.24) is 0 Å². The van der Waals surface area contributed by atoms with Gasteiger partial charge in [-0.2, -0.15) is 0 Å². The van der Waals surface area contributed by atoms with Crippen LogP contribution in [0.15, 0.2) is 48.6 Å². The van der Waals surface area contributed by atoms with Crippen LogP contribution in [-0.2, 0) is 27.9 Å². The minimum Gasteiger partial charge on any atom is -0.457 e. The lowest BCUT2D eigenvalue weighted by Gasteiger charge is -2.20. The third kappa shape index (κ3) is 43.8. The van der Waals surface area contributed by atoms with Crippen LogP contribution in [0, 0.1) is 0 Å². The van der Waals surface area contributed by atoms with Crippen molar-refractivity contribution in [2.45, 2.75) is 212 Å². The molecule has 0 aliphatic heterocycles. The number of phosphoric acid groups is 1. The van der Waals surface area contributed by atoms with E-state index in [9.17, 15) is 19.4 Å². The van der Waals surface area contributed by atoms with Crippen LogP contribution in [-0.4, -0.2) is 66.3 Å². The van der Waals surface area contributed by atoms with Crippen LogP contribution in [0.5, 0.6) is 0 Å². The van der Waals surface area contributed by atoms with Gasteiger partial charge < -0.3 is 24.6 Å². The summed E-state index contributed by atoms with van der Waals surface area (Å²) in [6, 6.07) is 0. The summed E-state index contributed by atoms with van der Waals surface area (Å²) >= 11 is 0. The zero-order chi connectivity index (χ0) is 41.8. The second-order valence-electron chi connectivity index (χ2n) is 15.4. The lowest BCUT2D eigenvalue weighted by molar-refractivity contribution is -0.154. The number of allylic oxidation sites excluding steroid dienone is 8. The molecule has 0 heterocycles. The minimum atomic E-state index is -4.52. The van der Waals surface area contributed by atoms with E-state index in [1.54, 1.807) is 0 Å². The van der Waals surface area contributed by atoms with Crippen LogP contribution < -0.4 is 0 Å². The fourth-order valence-electron chi connectivity index (χ4n) is 6.18. The van der Waals surface area contributed by atoms with Gasteiger partial charge in [0.25, 0.3) is 0 Å². The molecule has 0 fully saturated rings. The number of rotatable bonds is 44. The number of carbonyl (C=O) groups is 1. The third-order valence-corrected chi connectivity index (χ3v) is 10.7. The number of hydrogen-bond donors (Lipinski definition) is 3. The zero-order valence-corrected chi connectivity index (χ0v) is 37.4. The Kier molecular flexibility index (Phi) is 42.8. The lowest BCUT2D eigenvalue weighted by atomic mass is 10.1. The molecule has 0 aromatic heterocycles. The minimum absolute atomic E-state index is 0.0414. The first-order valence-electron chi connectivity index (χ1n) is 23.1. The summed E-state index contributed by atoms with van der Waals surface area (Å²) in [7, 11) is -4.52. The standard InChI is InChI=1S/C47H87O9P/c1-3-5-7-9-11-13-15-17-19-21-22-24-26-28-30-32-34-36-38-40-53-43-46(44-55-57(51,52)54-42-45(49)41-48)56-47(50)39-37-35-33-31-29-27-25-23-20-18-16-14-12-10-8-6-4-2/h12-15,18-21,45-46,48-49H,3-11,16-17,22-44H2,1-2H3,(H,51,52)/b14-12-,15-13-,20-18-,21-19-. The Hall–Kier alpha value is -1.58. The molecule has 3 unspecified atom stereocenters. The summed E-state index contributed by atoms with van der Waals surface area (Å²) in [6.45, 7) is 3.46. The zero-order valence-electron chi connectivity index (χ0n) is 36.6. The maximum Gasteiger partial charge on any atom is 0.472 e. The third-order valence-electron chi connectivity index (χ3n) is 9.74. The maximum absolute atomic E-state index is 12.6. The monoisotopic (exact) mass is 827 g/mol. The van der Waals surface area contributed by atoms with Crippen LogP contribution in [0.25, 0.3) is 0 Å².